The molecule has 0 atom stereocenters. The first-order chi connectivity index (χ1) is 8.05. The Kier molecular flexibility index (Phi) is 3.51. The van der Waals surface area contributed by atoms with Crippen molar-refractivity contribution in [3.8, 4) is 0 Å². The first-order valence-electron chi connectivity index (χ1n) is 5.56. The van der Waals surface area contributed by atoms with Gasteiger partial charge in [-0.1, -0.05) is 0 Å². The number of nitrogens with zero attached hydrogens (tertiary/aromatic N) is 1. The lowest BCUT2D eigenvalue weighted by atomic mass is 10.1. The number of hydrogen-bond donors (Lipinski definition) is 2. The molecule has 1 fully saturated rings. The van der Waals surface area contributed by atoms with Gasteiger partial charge in [0.2, 0.25) is 0 Å². The number of pyridine rings is 1. The van der Waals surface area contributed by atoms with Crippen LogP contribution in [0.1, 0.15) is 18.4 Å². The van der Waals surface area contributed by atoms with Gasteiger partial charge in [0.15, 0.2) is 0 Å². The number of piperidine rings is 1. The maximum atomic E-state index is 12.5. The molecule has 0 amide bonds. The van der Waals surface area contributed by atoms with Crippen molar-refractivity contribution in [3.05, 3.63) is 23.9 Å². The van der Waals surface area contributed by atoms with E-state index in [1.807, 2.05) is 0 Å². The Morgan fingerprint density at radius 3 is 2.65 bits per heavy atom. The van der Waals surface area contributed by atoms with E-state index >= 15 is 0 Å². The number of nitrogens with one attached hydrogen (secondary N) is 2. The fourth-order valence-electron chi connectivity index (χ4n) is 1.86. The lowest BCUT2D eigenvalue weighted by molar-refractivity contribution is -0.137. The van der Waals surface area contributed by atoms with Crippen molar-refractivity contribution >= 4 is 5.82 Å². The molecule has 2 N–H and O–H groups in total. The minimum Gasteiger partial charge on any atom is -0.367 e. The van der Waals surface area contributed by atoms with Gasteiger partial charge in [0.1, 0.15) is 5.82 Å². The molecule has 0 radical (unpaired) electrons. The van der Waals surface area contributed by atoms with Crippen LogP contribution in [0, 0.1) is 0 Å². The molecule has 1 aliphatic rings. The number of hydrogen-bond acceptors (Lipinski definition) is 3. The van der Waals surface area contributed by atoms with Crippen LogP contribution in [0.25, 0.3) is 0 Å². The molecule has 1 aliphatic heterocycles. The number of rotatable bonds is 2. The van der Waals surface area contributed by atoms with E-state index in [9.17, 15) is 13.2 Å². The number of anilines is 1. The van der Waals surface area contributed by atoms with E-state index in [1.165, 1.54) is 6.20 Å². The van der Waals surface area contributed by atoms with E-state index in [4.69, 9.17) is 0 Å². The Labute approximate surface area is 97.4 Å². The molecule has 0 unspecified atom stereocenters. The molecule has 0 aromatic carbocycles. The lowest BCUT2D eigenvalue weighted by Crippen LogP contribution is -2.35. The molecule has 3 nitrogen and oxygen atoms in total. The van der Waals surface area contributed by atoms with Gasteiger partial charge in [0.05, 0.1) is 5.56 Å². The average Bonchev–Trinajstić information content (AvgIpc) is 2.29. The summed E-state index contributed by atoms with van der Waals surface area (Å²) in [6, 6.07) is 2.24. The minimum absolute atomic E-state index is 0.201. The summed E-state index contributed by atoms with van der Waals surface area (Å²) in [5, 5.41) is 6.24. The van der Waals surface area contributed by atoms with Crippen LogP contribution in [0.4, 0.5) is 19.0 Å². The molecular formula is C11H14F3N3. The lowest BCUT2D eigenvalue weighted by Gasteiger charge is -2.24. The van der Waals surface area contributed by atoms with E-state index < -0.39 is 11.7 Å². The van der Waals surface area contributed by atoms with Crippen molar-refractivity contribution in [2.45, 2.75) is 25.1 Å². The van der Waals surface area contributed by atoms with Gasteiger partial charge in [-0.25, -0.2) is 4.98 Å². The number of alkyl halides is 3. The molecule has 1 aromatic heterocycles. The van der Waals surface area contributed by atoms with Crippen LogP contribution in [0.2, 0.25) is 0 Å². The zero-order chi connectivity index (χ0) is 12.3. The van der Waals surface area contributed by atoms with Gasteiger partial charge in [0, 0.05) is 12.2 Å². The molecular weight excluding hydrogens is 231 g/mol. The van der Waals surface area contributed by atoms with Crippen molar-refractivity contribution < 1.29 is 13.2 Å². The van der Waals surface area contributed by atoms with Crippen molar-refractivity contribution in [2.24, 2.45) is 0 Å². The zero-order valence-electron chi connectivity index (χ0n) is 9.22. The van der Waals surface area contributed by atoms with Crippen LogP contribution in [0.5, 0.6) is 0 Å². The van der Waals surface area contributed by atoms with Gasteiger partial charge < -0.3 is 10.6 Å². The smallest absolute Gasteiger partial charge is 0.367 e. The molecule has 0 saturated carbocycles. The molecule has 0 bridgehead atoms. The Morgan fingerprint density at radius 2 is 2.00 bits per heavy atom. The Hall–Kier alpha value is -1.30. The summed E-state index contributed by atoms with van der Waals surface area (Å²) in [6.45, 7) is 1.77. The third-order valence-corrected chi connectivity index (χ3v) is 2.78. The largest absolute Gasteiger partial charge is 0.416 e. The predicted molar refractivity (Wildman–Crippen MR) is 58.8 cm³/mol. The van der Waals surface area contributed by atoms with Crippen LogP contribution >= 0.6 is 0 Å². The Morgan fingerprint density at radius 1 is 1.29 bits per heavy atom. The highest BCUT2D eigenvalue weighted by Crippen LogP contribution is 2.30. The summed E-state index contributed by atoms with van der Waals surface area (Å²) < 4.78 is 37.4. The van der Waals surface area contributed by atoms with E-state index in [-0.39, 0.29) is 6.04 Å². The van der Waals surface area contributed by atoms with Crippen molar-refractivity contribution in [3.63, 3.8) is 0 Å². The number of aromatic nitrogens is 1. The van der Waals surface area contributed by atoms with Gasteiger partial charge in [-0.2, -0.15) is 13.2 Å². The monoisotopic (exact) mass is 245 g/mol. The SMILES string of the molecule is FC(F)(F)c1ccnc(NC2CCNCC2)c1. The van der Waals surface area contributed by atoms with Crippen LogP contribution < -0.4 is 10.6 Å². The molecule has 2 rings (SSSR count). The van der Waals surface area contributed by atoms with Gasteiger partial charge >= 0.3 is 6.18 Å². The van der Waals surface area contributed by atoms with Gasteiger partial charge in [-0.3, -0.25) is 0 Å². The topological polar surface area (TPSA) is 37.0 Å². The highest BCUT2D eigenvalue weighted by Gasteiger charge is 2.30. The van der Waals surface area contributed by atoms with Crippen LogP contribution in [-0.4, -0.2) is 24.1 Å². The third kappa shape index (κ3) is 3.33. The third-order valence-electron chi connectivity index (χ3n) is 2.78. The van der Waals surface area contributed by atoms with Crippen LogP contribution in [0.3, 0.4) is 0 Å². The summed E-state index contributed by atoms with van der Waals surface area (Å²) in [7, 11) is 0. The minimum atomic E-state index is -4.31. The first-order valence-corrected chi connectivity index (χ1v) is 5.56. The fraction of sp³-hybridized carbons (Fsp3) is 0.545. The predicted octanol–water partition coefficient (Wildman–Crippen LogP) is 2.26. The van der Waals surface area contributed by atoms with Gasteiger partial charge in [-0.05, 0) is 38.1 Å². The average molecular weight is 245 g/mol. The normalized spacial score (nSPS) is 18.1. The van der Waals surface area contributed by atoms with Crippen LogP contribution in [0.15, 0.2) is 18.3 Å². The highest BCUT2D eigenvalue weighted by atomic mass is 19.4. The molecule has 94 valence electrons. The van der Waals surface area contributed by atoms with Gasteiger partial charge in [0.25, 0.3) is 0 Å². The summed E-state index contributed by atoms with van der Waals surface area (Å²) in [5.41, 5.74) is -0.663. The van der Waals surface area contributed by atoms with Crippen molar-refractivity contribution in [1.29, 1.82) is 0 Å². The fourth-order valence-corrected chi connectivity index (χ4v) is 1.86. The Bertz CT molecular complexity index is 372. The molecule has 6 heteroatoms. The van der Waals surface area contributed by atoms with Crippen molar-refractivity contribution in [1.82, 2.24) is 10.3 Å². The molecule has 1 saturated heterocycles. The maximum Gasteiger partial charge on any atom is 0.416 e. The molecule has 0 spiro atoms. The first kappa shape index (κ1) is 12.2. The second kappa shape index (κ2) is 4.91. The van der Waals surface area contributed by atoms with Crippen molar-refractivity contribution in [2.75, 3.05) is 18.4 Å². The van der Waals surface area contributed by atoms with Crippen LogP contribution in [-0.2, 0) is 6.18 Å². The molecule has 1 aromatic rings. The summed E-state index contributed by atoms with van der Waals surface area (Å²) in [5.74, 6) is 0.298. The molecule has 2 heterocycles. The standard InChI is InChI=1S/C11H14F3N3/c12-11(13,14)8-1-6-16-10(7-8)17-9-2-4-15-5-3-9/h1,6-7,9,15H,2-5H2,(H,16,17). The van der Waals surface area contributed by atoms with E-state index in [2.05, 4.69) is 15.6 Å². The summed E-state index contributed by atoms with van der Waals surface area (Å²) in [4.78, 5) is 3.92. The van der Waals surface area contributed by atoms with Gasteiger partial charge in [-0.15, -0.1) is 0 Å². The Balaban J connectivity index is 2.05. The number of halogens is 3. The van der Waals surface area contributed by atoms with E-state index in [0.29, 0.717) is 5.82 Å². The van der Waals surface area contributed by atoms with E-state index in [1.54, 1.807) is 0 Å². The van der Waals surface area contributed by atoms with E-state index in [0.717, 1.165) is 38.1 Å². The highest BCUT2D eigenvalue weighted by molar-refractivity contribution is 5.39. The maximum absolute atomic E-state index is 12.5. The molecule has 17 heavy (non-hydrogen) atoms. The summed E-state index contributed by atoms with van der Waals surface area (Å²) in [6.07, 6.45) is -1.32. The molecule has 0 aliphatic carbocycles. The second-order valence-corrected chi connectivity index (χ2v) is 4.10. The second-order valence-electron chi connectivity index (χ2n) is 4.10. The quantitative estimate of drug-likeness (QED) is 0.839. The zero-order valence-corrected chi connectivity index (χ0v) is 9.22. The summed E-state index contributed by atoms with van der Waals surface area (Å²) >= 11 is 0.